The molecule has 1 aromatic rings. The van der Waals surface area contributed by atoms with Crippen molar-refractivity contribution in [3.05, 3.63) is 35.4 Å². The first-order valence-electron chi connectivity index (χ1n) is 9.67. The van der Waals surface area contributed by atoms with Crippen molar-refractivity contribution in [1.82, 2.24) is 4.90 Å². The second-order valence-electron chi connectivity index (χ2n) is 8.16. The van der Waals surface area contributed by atoms with Crippen LogP contribution >= 0.6 is 0 Å². The monoisotopic (exact) mass is 344 g/mol. The summed E-state index contributed by atoms with van der Waals surface area (Å²) in [4.78, 5) is 13.5. The molecule has 0 aliphatic heterocycles. The molecule has 0 saturated heterocycles. The Hall–Kier alpha value is -1.09. The summed E-state index contributed by atoms with van der Waals surface area (Å²) in [6.07, 6.45) is 1.32. The molecule has 2 nitrogen and oxygen atoms in total. The molecule has 0 aliphatic carbocycles. The number of benzene rings is 1. The topological polar surface area (TPSA) is 20.3 Å². The van der Waals surface area contributed by atoms with Crippen LogP contribution < -0.4 is 0 Å². The van der Waals surface area contributed by atoms with Crippen LogP contribution in [0, 0.1) is 17.8 Å². The van der Waals surface area contributed by atoms with Crippen molar-refractivity contribution in [2.75, 3.05) is 14.1 Å². The molecule has 0 fully saturated rings. The zero-order chi connectivity index (χ0) is 19.6. The van der Waals surface area contributed by atoms with Crippen LogP contribution in [0.15, 0.2) is 24.3 Å². The minimum Gasteiger partial charge on any atom is -0.312 e. The molecule has 2 unspecified atom stereocenters. The lowest BCUT2D eigenvalue weighted by Gasteiger charge is -2.20. The summed E-state index contributed by atoms with van der Waals surface area (Å²) in [6.45, 7) is 15.9. The van der Waals surface area contributed by atoms with Gasteiger partial charge in [0.05, 0.1) is 5.68 Å². The number of carbonyl (C=O) groups is 1. The van der Waals surface area contributed by atoms with Crippen LogP contribution in [0.4, 0.5) is 0 Å². The van der Waals surface area contributed by atoms with Crippen molar-refractivity contribution in [3.8, 4) is 0 Å². The second kappa shape index (κ2) is 12.3. The maximum atomic E-state index is 11.3. The average Bonchev–Trinajstić information content (AvgIpc) is 2.51. The standard InChI is InChI=1S/C15H23BNO.C7H16/c1-11(2)15(16-12(3)18)14-8-6-7-13(9-14)10-17(4)5;1-5-7(4)6(2)3/h6-9,11,15H,10H2,1-5H3;6-7H,5H2,1-4H3. The minimum absolute atomic E-state index is 0.145. The molecule has 0 saturated carbocycles. The van der Waals surface area contributed by atoms with Gasteiger partial charge in [-0.25, -0.2) is 0 Å². The number of nitrogens with zero attached hydrogens (tertiary/aromatic N) is 1. The Labute approximate surface area is 157 Å². The zero-order valence-corrected chi connectivity index (χ0v) is 18.0. The van der Waals surface area contributed by atoms with E-state index in [9.17, 15) is 4.79 Å². The van der Waals surface area contributed by atoms with E-state index in [4.69, 9.17) is 0 Å². The van der Waals surface area contributed by atoms with Crippen LogP contribution in [-0.4, -0.2) is 32.0 Å². The average molecular weight is 344 g/mol. The first-order valence-corrected chi connectivity index (χ1v) is 9.67. The maximum absolute atomic E-state index is 11.3. The molecule has 1 radical (unpaired) electrons. The SMILES string of the molecule is CC(=O)[B]C(c1cccc(CN(C)C)c1)C(C)C.CCC(C)C(C)C. The third kappa shape index (κ3) is 10.5. The predicted molar refractivity (Wildman–Crippen MR) is 112 cm³/mol. The summed E-state index contributed by atoms with van der Waals surface area (Å²) in [5.74, 6) is 2.41. The van der Waals surface area contributed by atoms with Gasteiger partial charge in [-0.15, -0.1) is 0 Å². The molecule has 0 amide bonds. The largest absolute Gasteiger partial charge is 0.312 e. The highest BCUT2D eigenvalue weighted by Crippen LogP contribution is 2.24. The van der Waals surface area contributed by atoms with E-state index >= 15 is 0 Å². The first-order chi connectivity index (χ1) is 11.6. The van der Waals surface area contributed by atoms with E-state index in [1.165, 1.54) is 17.5 Å². The van der Waals surface area contributed by atoms with Crippen LogP contribution in [0.3, 0.4) is 0 Å². The Morgan fingerprint density at radius 2 is 1.68 bits per heavy atom. The highest BCUT2D eigenvalue weighted by molar-refractivity contribution is 6.74. The van der Waals surface area contributed by atoms with Gasteiger partial charge in [0.15, 0.2) is 0 Å². The van der Waals surface area contributed by atoms with Crippen molar-refractivity contribution in [1.29, 1.82) is 0 Å². The van der Waals surface area contributed by atoms with Crippen LogP contribution in [0.25, 0.3) is 0 Å². The lowest BCUT2D eigenvalue weighted by Crippen LogP contribution is -2.21. The smallest absolute Gasteiger partial charge is 0.210 e. The van der Waals surface area contributed by atoms with Gasteiger partial charge in [-0.1, -0.05) is 77.8 Å². The summed E-state index contributed by atoms with van der Waals surface area (Å²) >= 11 is 0. The molecular weight excluding hydrogens is 305 g/mol. The Bertz CT molecular complexity index is 497. The van der Waals surface area contributed by atoms with Gasteiger partial charge in [-0.3, -0.25) is 0 Å². The second-order valence-corrected chi connectivity index (χ2v) is 8.16. The van der Waals surface area contributed by atoms with E-state index in [1.54, 1.807) is 6.92 Å². The van der Waals surface area contributed by atoms with Crippen molar-refractivity contribution >= 4 is 13.0 Å². The van der Waals surface area contributed by atoms with Crippen molar-refractivity contribution in [2.24, 2.45) is 17.8 Å². The Morgan fingerprint density at radius 1 is 1.08 bits per heavy atom. The fraction of sp³-hybridized carbons (Fsp3) is 0.682. The van der Waals surface area contributed by atoms with Gasteiger partial charge in [-0.2, -0.15) is 0 Å². The summed E-state index contributed by atoms with van der Waals surface area (Å²) < 4.78 is 0. The third-order valence-electron chi connectivity index (χ3n) is 4.75. The van der Waals surface area contributed by atoms with Crippen molar-refractivity contribution in [3.63, 3.8) is 0 Å². The van der Waals surface area contributed by atoms with E-state index in [-0.39, 0.29) is 11.5 Å². The van der Waals surface area contributed by atoms with Crippen LogP contribution in [0.2, 0.25) is 0 Å². The van der Waals surface area contributed by atoms with Crippen molar-refractivity contribution in [2.45, 2.75) is 67.2 Å². The van der Waals surface area contributed by atoms with Gasteiger partial charge in [0.1, 0.15) is 0 Å². The number of rotatable bonds is 8. The lowest BCUT2D eigenvalue weighted by molar-refractivity contribution is -0.110. The number of hydrogen-bond acceptors (Lipinski definition) is 2. The molecule has 141 valence electrons. The Balaban J connectivity index is 0.000000697. The van der Waals surface area contributed by atoms with Gasteiger partial charge >= 0.3 is 0 Å². The summed E-state index contributed by atoms with van der Waals surface area (Å²) in [6, 6.07) is 8.54. The molecular formula is C22H39BNO. The molecule has 0 N–H and O–H groups in total. The first kappa shape index (κ1) is 23.9. The predicted octanol–water partition coefficient (Wildman–Crippen LogP) is 5.38. The zero-order valence-electron chi connectivity index (χ0n) is 18.0. The molecule has 0 bridgehead atoms. The van der Waals surface area contributed by atoms with E-state index in [0.29, 0.717) is 5.92 Å². The van der Waals surface area contributed by atoms with Crippen LogP contribution in [0.5, 0.6) is 0 Å². The highest BCUT2D eigenvalue weighted by Gasteiger charge is 2.19. The molecule has 0 heterocycles. The third-order valence-corrected chi connectivity index (χ3v) is 4.75. The van der Waals surface area contributed by atoms with E-state index in [0.717, 1.165) is 18.4 Å². The Kier molecular flexibility index (Phi) is 11.8. The maximum Gasteiger partial charge on any atom is 0.210 e. The normalized spacial score (nSPS) is 13.4. The molecule has 3 heteroatoms. The fourth-order valence-electron chi connectivity index (χ4n) is 2.66. The van der Waals surface area contributed by atoms with Crippen LogP contribution in [-0.2, 0) is 11.3 Å². The molecule has 1 aromatic carbocycles. The molecule has 0 spiro atoms. The van der Waals surface area contributed by atoms with Gasteiger partial charge in [0.2, 0.25) is 7.28 Å². The Morgan fingerprint density at radius 3 is 2.04 bits per heavy atom. The molecule has 25 heavy (non-hydrogen) atoms. The van der Waals surface area contributed by atoms with E-state index in [1.807, 2.05) is 7.28 Å². The molecule has 2 atom stereocenters. The molecule has 0 aromatic heterocycles. The number of carbonyl (C=O) groups excluding carboxylic acids is 1. The molecule has 1 rings (SSSR count). The van der Waals surface area contributed by atoms with Crippen molar-refractivity contribution < 1.29 is 4.79 Å². The van der Waals surface area contributed by atoms with Gasteiger partial charge in [-0.05, 0) is 50.2 Å². The molecule has 0 aliphatic rings. The highest BCUT2D eigenvalue weighted by atomic mass is 16.1. The van der Waals surface area contributed by atoms with E-state index in [2.05, 4.69) is 84.8 Å². The minimum atomic E-state index is 0.145. The van der Waals surface area contributed by atoms with Gasteiger partial charge in [0.25, 0.3) is 0 Å². The summed E-state index contributed by atoms with van der Waals surface area (Å²) in [7, 11) is 5.96. The van der Waals surface area contributed by atoms with Crippen LogP contribution in [0.1, 0.15) is 71.8 Å². The van der Waals surface area contributed by atoms with Gasteiger partial charge < -0.3 is 9.69 Å². The quantitative estimate of drug-likeness (QED) is 0.590. The summed E-state index contributed by atoms with van der Waals surface area (Å²) in [5.41, 5.74) is 2.67. The number of hydrogen-bond donors (Lipinski definition) is 0. The fourth-order valence-corrected chi connectivity index (χ4v) is 2.66. The lowest BCUT2D eigenvalue weighted by atomic mass is 9.55. The van der Waals surface area contributed by atoms with Gasteiger partial charge in [0, 0.05) is 6.54 Å². The van der Waals surface area contributed by atoms with E-state index < -0.39 is 0 Å². The summed E-state index contributed by atoms with van der Waals surface area (Å²) in [5, 5.41) is 0.